The van der Waals surface area contributed by atoms with E-state index in [0.717, 1.165) is 15.4 Å². The Morgan fingerprint density at radius 2 is 1.69 bits per heavy atom. The molecule has 0 aliphatic carbocycles. The Hall–Kier alpha value is -3.71. The van der Waals surface area contributed by atoms with E-state index in [4.69, 9.17) is 37.9 Å². The van der Waals surface area contributed by atoms with Crippen LogP contribution in [0.5, 0.6) is 0 Å². The minimum Gasteiger partial charge on any atom is -0.458 e. The van der Waals surface area contributed by atoms with Crippen LogP contribution in [0.4, 0.5) is 0 Å². The Morgan fingerprint density at radius 3 is 2.34 bits per heavy atom. The summed E-state index contributed by atoms with van der Waals surface area (Å²) in [5.74, 6) is 0.764. The number of esters is 2. The first-order valence-corrected chi connectivity index (χ1v) is 25.3. The Bertz CT molecular complexity index is 2290. The Labute approximate surface area is 416 Å². The van der Waals surface area contributed by atoms with Crippen LogP contribution in [0.15, 0.2) is 36.5 Å². The Kier molecular flexibility index (Phi) is 16.2. The van der Waals surface area contributed by atoms with Crippen molar-refractivity contribution < 1.29 is 67.3 Å². The number of methoxy groups -OCH3 is 1. The van der Waals surface area contributed by atoms with Crippen LogP contribution in [0.1, 0.15) is 92.9 Å². The Balaban J connectivity index is 1.38. The highest BCUT2D eigenvalue weighted by molar-refractivity contribution is 7.16. The predicted octanol–water partition coefficient (Wildman–Crippen LogP) is 4.42. The predicted molar refractivity (Wildman–Crippen MR) is 257 cm³/mol. The zero-order valence-electron chi connectivity index (χ0n) is 42.8. The SMILES string of the molecule is CC[C@@H]1OC(=O)[C@H](C)C(=O)[C@H](OC2CC(C)(OC)[C@@H](O)[C@H](C)O2)[C@@H](O[C@@H]2O[C@H](C)C[C@H](N(C)C)[C@H]2O)[C@@](C)(OCC#Cc2ccc(-c3ccccn3)s2)C[C@@H](C)C(=O)C2(C)CN(C)C3C(=O)O[C@@]1(C)C32. The van der Waals surface area contributed by atoms with Crippen LogP contribution >= 0.6 is 11.3 Å². The molecule has 7 rings (SSSR count). The third-order valence-corrected chi connectivity index (χ3v) is 16.7. The van der Waals surface area contributed by atoms with Crippen molar-refractivity contribution in [2.24, 2.45) is 23.2 Å². The van der Waals surface area contributed by atoms with Crippen LogP contribution in [-0.2, 0) is 57.1 Å². The number of cyclic esters (lactones) is 1. The number of nitrogens with zero attached hydrogens (tertiary/aromatic N) is 3. The van der Waals surface area contributed by atoms with Crippen molar-refractivity contribution in [3.05, 3.63) is 41.4 Å². The number of rotatable bonds is 10. The van der Waals surface area contributed by atoms with Gasteiger partial charge in [0.2, 0.25) is 0 Å². The number of aromatic nitrogens is 1. The summed E-state index contributed by atoms with van der Waals surface area (Å²) in [7, 11) is 6.91. The number of hydrogen-bond donors (Lipinski definition) is 2. The Morgan fingerprint density at radius 1 is 0.957 bits per heavy atom. The van der Waals surface area contributed by atoms with Gasteiger partial charge in [-0.1, -0.05) is 38.7 Å². The van der Waals surface area contributed by atoms with Gasteiger partial charge in [-0.25, -0.2) is 0 Å². The number of aliphatic hydroxyl groups is 2. The van der Waals surface area contributed by atoms with Gasteiger partial charge in [0.15, 0.2) is 24.0 Å². The van der Waals surface area contributed by atoms with E-state index in [-0.39, 0.29) is 38.2 Å². The zero-order chi connectivity index (χ0) is 51.2. The highest BCUT2D eigenvalue weighted by Gasteiger charge is 2.71. The van der Waals surface area contributed by atoms with Crippen molar-refractivity contribution in [2.75, 3.05) is 41.4 Å². The summed E-state index contributed by atoms with van der Waals surface area (Å²) in [5, 5.41) is 23.3. The van der Waals surface area contributed by atoms with Crippen molar-refractivity contribution >= 4 is 34.8 Å². The van der Waals surface area contributed by atoms with E-state index in [2.05, 4.69) is 16.8 Å². The molecule has 0 bridgehead atoms. The summed E-state index contributed by atoms with van der Waals surface area (Å²) >= 11 is 1.46. The summed E-state index contributed by atoms with van der Waals surface area (Å²) in [6, 6.07) is 8.26. The highest BCUT2D eigenvalue weighted by Crippen LogP contribution is 2.56. The lowest BCUT2D eigenvalue weighted by Gasteiger charge is -2.49. The molecule has 0 saturated carbocycles. The second-order valence-electron chi connectivity index (χ2n) is 21.2. The maximum Gasteiger partial charge on any atom is 0.324 e. The summed E-state index contributed by atoms with van der Waals surface area (Å²) in [6.07, 6.45) is -8.28. The first-order valence-electron chi connectivity index (χ1n) is 24.5. The molecule has 5 fully saturated rings. The summed E-state index contributed by atoms with van der Waals surface area (Å²) in [4.78, 5) is 69.4. The number of thiophene rings is 1. The van der Waals surface area contributed by atoms with Crippen molar-refractivity contribution in [3.63, 3.8) is 0 Å². The number of likely N-dealkylation sites (N-methyl/N-ethyl adjacent to an activating group) is 2. The van der Waals surface area contributed by atoms with Crippen LogP contribution < -0.4 is 0 Å². The van der Waals surface area contributed by atoms with Crippen molar-refractivity contribution in [2.45, 2.75) is 172 Å². The number of aliphatic hydroxyl groups excluding tert-OH is 2. The van der Waals surface area contributed by atoms with Gasteiger partial charge in [0.1, 0.15) is 54.9 Å². The largest absolute Gasteiger partial charge is 0.458 e. The molecule has 5 aliphatic rings. The first kappa shape index (κ1) is 54.1. The molecule has 0 amide bonds. The monoisotopic (exact) mass is 995 g/mol. The number of carbonyl (C=O) groups excluding carboxylic acids is 4. The normalized spacial score (nSPS) is 41.9. The van der Waals surface area contributed by atoms with E-state index in [1.54, 1.807) is 54.8 Å². The molecular weight excluding hydrogens is 923 g/mol. The molecular formula is C52H73N3O14S. The van der Waals surface area contributed by atoms with Gasteiger partial charge >= 0.3 is 11.9 Å². The minimum absolute atomic E-state index is 0.0536. The third-order valence-electron chi connectivity index (χ3n) is 15.7. The lowest BCUT2D eigenvalue weighted by molar-refractivity contribution is -0.328. The lowest BCUT2D eigenvalue weighted by atomic mass is 9.62. The van der Waals surface area contributed by atoms with E-state index in [1.807, 2.05) is 68.1 Å². The highest BCUT2D eigenvalue weighted by atomic mass is 32.1. The number of hydrogen-bond acceptors (Lipinski definition) is 18. The number of carbonyl (C=O) groups is 4. The summed E-state index contributed by atoms with van der Waals surface area (Å²) < 4.78 is 51.7. The van der Waals surface area contributed by atoms with Gasteiger partial charge in [0.25, 0.3) is 0 Å². The molecule has 0 aromatic carbocycles. The standard InChI is InChI=1S/C52H73N3O14S/c1-14-36-52(9)42-38(47(61)69-52)55(12)27-49(42,6)43(58)28(2)25-51(8,63-23-17-18-32-20-21-35(70-32)33-19-15-16-22-53-33)45(68-48-40(57)34(54(10)11)24-29(3)64-48)41(39(56)30(4)46(60)66-36)67-37-26-50(7,62-13)44(59)31(5)65-37/h15-16,19-22,28-31,34,36-38,40-42,44-45,48,57,59H,14,23-27H2,1-13H3/t28-,29-,30-,31+,34+,36+,37?,38?,40-,41+,42?,44+,45-,48+,49?,50?,51+,52-/m1/s1. The van der Waals surface area contributed by atoms with Gasteiger partial charge in [-0.3, -0.25) is 29.1 Å². The lowest BCUT2D eigenvalue weighted by Crippen LogP contribution is -2.63. The van der Waals surface area contributed by atoms with Crippen LogP contribution in [-0.4, -0.2) is 174 Å². The average molecular weight is 996 g/mol. The zero-order valence-corrected chi connectivity index (χ0v) is 43.6. The maximum atomic E-state index is 15.6. The number of Topliss-reactive ketones (excluding diaryl/α,β-unsaturated/α-hetero) is 2. The van der Waals surface area contributed by atoms with Crippen LogP contribution in [0.2, 0.25) is 0 Å². The molecule has 17 nitrogen and oxygen atoms in total. The molecule has 0 radical (unpaired) electrons. The van der Waals surface area contributed by atoms with Gasteiger partial charge in [-0.2, -0.15) is 0 Å². The average Bonchev–Trinajstić information content (AvgIpc) is 4.00. The van der Waals surface area contributed by atoms with Crippen molar-refractivity contribution in [1.82, 2.24) is 14.8 Å². The van der Waals surface area contributed by atoms with Gasteiger partial charge in [-0.05, 0) is 106 Å². The van der Waals surface area contributed by atoms with E-state index in [0.29, 0.717) is 6.42 Å². The molecule has 2 aromatic rings. The molecule has 18 atom stereocenters. The topological polar surface area (TPSA) is 202 Å². The van der Waals surface area contributed by atoms with Crippen LogP contribution in [0.3, 0.4) is 0 Å². The second-order valence-corrected chi connectivity index (χ2v) is 22.3. The molecule has 0 spiro atoms. The van der Waals surface area contributed by atoms with Crippen molar-refractivity contribution in [1.29, 1.82) is 0 Å². The molecule has 5 saturated heterocycles. The summed E-state index contributed by atoms with van der Waals surface area (Å²) in [5.41, 5.74) is -4.75. The second kappa shape index (κ2) is 21.0. The molecule has 2 aromatic heterocycles. The van der Waals surface area contributed by atoms with Crippen LogP contribution in [0, 0.1) is 35.0 Å². The molecule has 70 heavy (non-hydrogen) atoms. The van der Waals surface area contributed by atoms with Crippen LogP contribution in [0.25, 0.3) is 10.6 Å². The van der Waals surface area contributed by atoms with E-state index in [9.17, 15) is 19.8 Å². The maximum absolute atomic E-state index is 15.6. The smallest absolute Gasteiger partial charge is 0.324 e. The fourth-order valence-electron chi connectivity index (χ4n) is 11.9. The van der Waals surface area contributed by atoms with E-state index < -0.39 is 125 Å². The first-order chi connectivity index (χ1) is 32.9. The fraction of sp³-hybridized carbons (Fsp3) is 0.712. The number of ether oxygens (including phenoxy) is 8. The minimum atomic E-state index is -1.74. The molecule has 5 aliphatic heterocycles. The number of ketones is 2. The van der Waals surface area contributed by atoms with Gasteiger partial charge in [-0.15, -0.1) is 11.3 Å². The molecule has 18 heteroatoms. The van der Waals surface area contributed by atoms with Gasteiger partial charge in [0, 0.05) is 49.6 Å². The van der Waals surface area contributed by atoms with E-state index in [1.165, 1.54) is 25.4 Å². The van der Waals surface area contributed by atoms with E-state index >= 15 is 9.59 Å². The summed E-state index contributed by atoms with van der Waals surface area (Å²) in [6.45, 7) is 15.4. The fourth-order valence-corrected chi connectivity index (χ4v) is 12.8. The molecule has 5 unspecified atom stereocenters. The number of likely N-dealkylation sites (tertiary alicyclic amines) is 1. The van der Waals surface area contributed by atoms with Gasteiger partial charge < -0.3 is 53.0 Å². The molecule has 7 heterocycles. The third kappa shape index (κ3) is 10.3. The number of pyridine rings is 1. The molecule has 386 valence electrons. The molecule has 2 N–H and O–H groups in total. The quantitative estimate of drug-likeness (QED) is 0.192. The van der Waals surface area contributed by atoms with Gasteiger partial charge in [0.05, 0.1) is 38.9 Å². The van der Waals surface area contributed by atoms with Crippen molar-refractivity contribution in [3.8, 4) is 22.4 Å².